The van der Waals surface area contributed by atoms with Crippen LogP contribution in [0.5, 0.6) is 0 Å². The molecule has 0 aliphatic heterocycles. The van der Waals surface area contributed by atoms with E-state index in [4.69, 9.17) is 0 Å². The number of hydrogen-bond acceptors (Lipinski definition) is 1. The number of benzene rings is 7. The Labute approximate surface area is 399 Å². The van der Waals surface area contributed by atoms with E-state index in [0.29, 0.717) is 0 Å². The molecule has 1 aliphatic carbocycles. The molecule has 0 atom stereocenters. The van der Waals surface area contributed by atoms with Gasteiger partial charge in [-0.05, 0) is 153 Å². The predicted octanol–water partition coefficient (Wildman–Crippen LogP) is 19.0. The summed E-state index contributed by atoms with van der Waals surface area (Å²) in [7, 11) is 0. The molecule has 0 aromatic heterocycles. The van der Waals surface area contributed by atoms with Gasteiger partial charge < -0.3 is 4.90 Å². The average molecular weight is 870 g/mol. The Bertz CT molecular complexity index is 2850. The van der Waals surface area contributed by atoms with Gasteiger partial charge in [-0.2, -0.15) is 0 Å². The van der Waals surface area contributed by atoms with Gasteiger partial charge in [0.1, 0.15) is 0 Å². The maximum absolute atomic E-state index is 2.45. The Morgan fingerprint density at radius 2 is 0.606 bits per heavy atom. The van der Waals surface area contributed by atoms with E-state index in [-0.39, 0.29) is 32.5 Å². The van der Waals surface area contributed by atoms with Crippen molar-refractivity contribution < 1.29 is 0 Å². The number of anilines is 3. The van der Waals surface area contributed by atoms with Crippen molar-refractivity contribution in [3.8, 4) is 44.5 Å². The Balaban J connectivity index is 1.25. The third kappa shape index (κ3) is 9.21. The maximum atomic E-state index is 2.45. The van der Waals surface area contributed by atoms with Crippen molar-refractivity contribution in [2.24, 2.45) is 0 Å². The van der Waals surface area contributed by atoms with Gasteiger partial charge in [-0.25, -0.2) is 0 Å². The van der Waals surface area contributed by atoms with Crippen LogP contribution in [0, 0.1) is 0 Å². The lowest BCUT2D eigenvalue weighted by Crippen LogP contribution is -2.17. The second-order valence-corrected chi connectivity index (χ2v) is 25.0. The van der Waals surface area contributed by atoms with Crippen LogP contribution < -0.4 is 4.90 Å². The zero-order valence-corrected chi connectivity index (χ0v) is 43.3. The third-order valence-electron chi connectivity index (χ3n) is 14.2. The van der Waals surface area contributed by atoms with Gasteiger partial charge in [-0.15, -0.1) is 0 Å². The van der Waals surface area contributed by atoms with Gasteiger partial charge in [0.2, 0.25) is 0 Å². The van der Waals surface area contributed by atoms with Gasteiger partial charge in [-0.3, -0.25) is 0 Å². The van der Waals surface area contributed by atoms with Gasteiger partial charge in [0, 0.05) is 22.5 Å². The van der Waals surface area contributed by atoms with E-state index in [1.807, 2.05) is 0 Å². The molecular formula is C65H75N. The summed E-state index contributed by atoms with van der Waals surface area (Å²) in [4.78, 5) is 2.45. The smallest absolute Gasteiger partial charge is 0.0465 e. The highest BCUT2D eigenvalue weighted by Crippen LogP contribution is 2.51. The molecule has 0 unspecified atom stereocenters. The highest BCUT2D eigenvalue weighted by atomic mass is 15.1. The van der Waals surface area contributed by atoms with Crippen molar-refractivity contribution in [3.63, 3.8) is 0 Å². The van der Waals surface area contributed by atoms with Gasteiger partial charge >= 0.3 is 0 Å². The second-order valence-electron chi connectivity index (χ2n) is 25.0. The Kier molecular flexibility index (Phi) is 11.6. The molecule has 0 spiro atoms. The second kappa shape index (κ2) is 16.3. The first-order valence-electron chi connectivity index (χ1n) is 24.3. The molecule has 0 heterocycles. The molecule has 0 bridgehead atoms. The minimum atomic E-state index is -0.111. The monoisotopic (exact) mass is 870 g/mol. The normalized spacial score (nSPS) is 14.0. The minimum Gasteiger partial charge on any atom is -0.310 e. The Morgan fingerprint density at radius 1 is 0.288 bits per heavy atom. The van der Waals surface area contributed by atoms with Crippen LogP contribution in [0.15, 0.2) is 146 Å². The summed E-state index contributed by atoms with van der Waals surface area (Å²) in [6.07, 6.45) is 0. The van der Waals surface area contributed by atoms with Crippen LogP contribution in [0.3, 0.4) is 0 Å². The Morgan fingerprint density at radius 3 is 1.02 bits per heavy atom. The largest absolute Gasteiger partial charge is 0.310 e. The molecule has 340 valence electrons. The first kappa shape index (κ1) is 46.9. The molecule has 1 heteroatoms. The van der Waals surface area contributed by atoms with E-state index in [9.17, 15) is 0 Å². The molecule has 1 aliphatic rings. The maximum Gasteiger partial charge on any atom is 0.0465 e. The van der Waals surface area contributed by atoms with E-state index < -0.39 is 0 Å². The van der Waals surface area contributed by atoms with Crippen molar-refractivity contribution in [1.29, 1.82) is 0 Å². The fourth-order valence-electron chi connectivity index (χ4n) is 9.60. The van der Waals surface area contributed by atoms with Crippen molar-refractivity contribution in [3.05, 3.63) is 185 Å². The summed E-state index contributed by atoms with van der Waals surface area (Å²) < 4.78 is 0. The molecule has 8 rings (SSSR count). The summed E-state index contributed by atoms with van der Waals surface area (Å²) >= 11 is 0. The molecule has 66 heavy (non-hydrogen) atoms. The molecular weight excluding hydrogens is 795 g/mol. The summed E-state index contributed by atoms with van der Waals surface area (Å²) in [5, 5.41) is 0. The summed E-state index contributed by atoms with van der Waals surface area (Å²) in [5.74, 6) is 0. The van der Waals surface area contributed by atoms with Crippen molar-refractivity contribution >= 4 is 17.1 Å². The van der Waals surface area contributed by atoms with Gasteiger partial charge in [-0.1, -0.05) is 221 Å². The van der Waals surface area contributed by atoms with E-state index in [1.54, 1.807) is 0 Å². The first-order valence-corrected chi connectivity index (χ1v) is 24.3. The number of nitrogens with zero attached hydrogens (tertiary/aromatic N) is 1. The van der Waals surface area contributed by atoms with E-state index in [2.05, 4.69) is 268 Å². The van der Waals surface area contributed by atoms with E-state index in [1.165, 1.54) is 83.5 Å². The molecule has 0 N–H and O–H groups in total. The van der Waals surface area contributed by atoms with Crippen molar-refractivity contribution in [2.45, 2.75) is 150 Å². The average Bonchev–Trinajstić information content (AvgIpc) is 3.47. The number of fused-ring (bicyclic) bond motifs is 3. The standard InChI is InChI=1S/C65H75N/c1-60(2,3)48-33-44(32-45(34-48)47-37-51(63(10,11)12)40-52(38-47)64(13,14)15)42-22-26-53(27-23-42)66(55-30-31-57-56-20-18-19-21-58(56)65(16,17)59(57)41-55)54-28-24-43(25-29-54)46-35-49(61(4,5)6)39-50(36-46)62(7,8)9/h18-41H,1-17H3. The fourth-order valence-corrected chi connectivity index (χ4v) is 9.60. The van der Waals surface area contributed by atoms with Crippen LogP contribution in [-0.4, -0.2) is 0 Å². The van der Waals surface area contributed by atoms with Gasteiger partial charge in [0.05, 0.1) is 0 Å². The molecule has 7 aromatic carbocycles. The van der Waals surface area contributed by atoms with E-state index >= 15 is 0 Å². The Hall–Kier alpha value is -5.66. The highest BCUT2D eigenvalue weighted by molar-refractivity contribution is 5.87. The number of hydrogen-bond donors (Lipinski definition) is 0. The summed E-state index contributed by atoms with van der Waals surface area (Å²) in [6.45, 7) is 39.6. The zero-order valence-electron chi connectivity index (χ0n) is 43.3. The van der Waals surface area contributed by atoms with Crippen LogP contribution >= 0.6 is 0 Å². The molecule has 0 fully saturated rings. The van der Waals surface area contributed by atoms with Crippen LogP contribution in [0.25, 0.3) is 44.5 Å². The molecule has 0 radical (unpaired) electrons. The molecule has 7 aromatic rings. The molecule has 1 nitrogen and oxygen atoms in total. The molecule has 0 saturated heterocycles. The topological polar surface area (TPSA) is 3.24 Å². The molecule has 0 amide bonds. The minimum absolute atomic E-state index is 0.0223. The third-order valence-corrected chi connectivity index (χ3v) is 14.2. The van der Waals surface area contributed by atoms with E-state index in [0.717, 1.165) is 17.1 Å². The number of rotatable bonds is 6. The lowest BCUT2D eigenvalue weighted by atomic mass is 9.78. The van der Waals surface area contributed by atoms with Crippen LogP contribution in [-0.2, 0) is 32.5 Å². The SMILES string of the molecule is CC(C)(C)c1cc(-c2ccc(N(c3ccc(-c4cc(C(C)(C)C)cc(C(C)(C)C)c4)cc3)c3ccc4c(c3)C(C)(C)c3ccccc3-4)cc2)cc(-c2cc(C(C)(C)C)cc(C(C)(C)C)c2)c1. The van der Waals surface area contributed by atoms with Crippen LogP contribution in [0.2, 0.25) is 0 Å². The van der Waals surface area contributed by atoms with Gasteiger partial charge in [0.15, 0.2) is 0 Å². The predicted molar refractivity (Wildman–Crippen MR) is 288 cm³/mol. The summed E-state index contributed by atoms with van der Waals surface area (Å²) in [6, 6.07) is 56.3. The lowest BCUT2D eigenvalue weighted by Gasteiger charge is -2.29. The highest BCUT2D eigenvalue weighted by Gasteiger charge is 2.36. The zero-order chi connectivity index (χ0) is 47.9. The van der Waals surface area contributed by atoms with Gasteiger partial charge in [0.25, 0.3) is 0 Å². The van der Waals surface area contributed by atoms with Crippen LogP contribution in [0.4, 0.5) is 17.1 Å². The molecule has 0 saturated carbocycles. The van der Waals surface area contributed by atoms with Crippen molar-refractivity contribution in [2.75, 3.05) is 4.90 Å². The fraction of sp³-hybridized carbons (Fsp3) is 0.354. The summed E-state index contributed by atoms with van der Waals surface area (Å²) in [5.41, 5.74) is 23.2. The quantitative estimate of drug-likeness (QED) is 0.161. The lowest BCUT2D eigenvalue weighted by molar-refractivity contribution is 0.568. The van der Waals surface area contributed by atoms with Crippen LogP contribution in [0.1, 0.15) is 157 Å². The van der Waals surface area contributed by atoms with Crippen molar-refractivity contribution in [1.82, 2.24) is 0 Å². The first-order chi connectivity index (χ1) is 30.6.